The average Bonchev–Trinajstić information content (AvgIpc) is 2.27. The van der Waals surface area contributed by atoms with Crippen LogP contribution in [0, 0.1) is 0 Å². The van der Waals surface area contributed by atoms with E-state index in [2.05, 4.69) is 37.0 Å². The molecule has 16 heavy (non-hydrogen) atoms. The summed E-state index contributed by atoms with van der Waals surface area (Å²) in [5, 5.41) is 0. The predicted molar refractivity (Wildman–Crippen MR) is 77.1 cm³/mol. The lowest BCUT2D eigenvalue weighted by Gasteiger charge is -2.34. The SMILES string of the molecule is CCCN(CCC)P(Cl)N(CCC)CCC. The molecular formula is C12H28ClN2P. The second-order valence-electron chi connectivity index (χ2n) is 4.15. The molecule has 0 aromatic rings. The van der Waals surface area contributed by atoms with Crippen molar-refractivity contribution in [2.75, 3.05) is 26.2 Å². The van der Waals surface area contributed by atoms with Gasteiger partial charge in [-0.1, -0.05) is 38.9 Å². The van der Waals surface area contributed by atoms with E-state index in [0.717, 1.165) is 26.2 Å². The van der Waals surface area contributed by atoms with E-state index in [0.29, 0.717) is 0 Å². The van der Waals surface area contributed by atoms with Crippen molar-refractivity contribution in [1.29, 1.82) is 0 Å². The van der Waals surface area contributed by atoms with Crippen molar-refractivity contribution in [2.45, 2.75) is 53.4 Å². The molecule has 0 aromatic heterocycles. The van der Waals surface area contributed by atoms with Gasteiger partial charge in [-0.25, -0.2) is 0 Å². The van der Waals surface area contributed by atoms with Gasteiger partial charge in [-0.3, -0.25) is 9.34 Å². The number of halogens is 1. The molecule has 0 aromatic carbocycles. The Hall–Kier alpha value is 0.640. The normalized spacial score (nSPS) is 12.0. The molecule has 0 heterocycles. The Balaban J connectivity index is 4.31. The number of hydrogen-bond acceptors (Lipinski definition) is 2. The van der Waals surface area contributed by atoms with Crippen LogP contribution in [0.1, 0.15) is 53.4 Å². The number of rotatable bonds is 10. The Morgan fingerprint density at radius 1 is 0.688 bits per heavy atom. The molecule has 0 aliphatic heterocycles. The van der Waals surface area contributed by atoms with Gasteiger partial charge in [0.1, 0.15) is 7.58 Å². The lowest BCUT2D eigenvalue weighted by molar-refractivity contribution is 0.388. The standard InChI is InChI=1S/C12H28ClN2P/c1-5-9-14(10-6-2)16(13)15(11-7-3)12-8-4/h5-12H2,1-4H3. The van der Waals surface area contributed by atoms with Crippen molar-refractivity contribution in [3.63, 3.8) is 0 Å². The summed E-state index contributed by atoms with van der Waals surface area (Å²) in [6.07, 6.45) is 4.77. The molecule has 0 unspecified atom stereocenters. The van der Waals surface area contributed by atoms with Crippen LogP contribution in [0.15, 0.2) is 0 Å². The van der Waals surface area contributed by atoms with Gasteiger partial charge in [-0.05, 0) is 25.7 Å². The monoisotopic (exact) mass is 266 g/mol. The second kappa shape index (κ2) is 10.8. The van der Waals surface area contributed by atoms with Gasteiger partial charge in [0.25, 0.3) is 0 Å². The van der Waals surface area contributed by atoms with Crippen molar-refractivity contribution in [3.05, 3.63) is 0 Å². The molecule has 0 rings (SSSR count). The van der Waals surface area contributed by atoms with Gasteiger partial charge in [0, 0.05) is 26.2 Å². The van der Waals surface area contributed by atoms with Crippen LogP contribution in [-0.2, 0) is 0 Å². The zero-order valence-corrected chi connectivity index (χ0v) is 13.0. The first-order valence-electron chi connectivity index (χ1n) is 6.66. The van der Waals surface area contributed by atoms with Crippen LogP contribution in [0.4, 0.5) is 0 Å². The summed E-state index contributed by atoms with van der Waals surface area (Å²) >= 11 is 6.64. The minimum absolute atomic E-state index is 0.592. The molecule has 0 bridgehead atoms. The largest absolute Gasteiger partial charge is 0.257 e. The Kier molecular flexibility index (Phi) is 11.2. The molecule has 0 aliphatic carbocycles. The van der Waals surface area contributed by atoms with E-state index in [4.69, 9.17) is 11.2 Å². The summed E-state index contributed by atoms with van der Waals surface area (Å²) in [7, 11) is -0.592. The van der Waals surface area contributed by atoms with Crippen LogP contribution in [-0.4, -0.2) is 35.5 Å². The summed E-state index contributed by atoms with van der Waals surface area (Å²) in [6.45, 7) is 13.4. The van der Waals surface area contributed by atoms with Gasteiger partial charge in [0.05, 0.1) is 0 Å². The molecule has 0 radical (unpaired) electrons. The topological polar surface area (TPSA) is 6.48 Å². The molecule has 0 amide bonds. The lowest BCUT2D eigenvalue weighted by atomic mass is 10.4. The average molecular weight is 267 g/mol. The van der Waals surface area contributed by atoms with E-state index in [1.807, 2.05) is 0 Å². The second-order valence-corrected chi connectivity index (χ2v) is 6.67. The summed E-state index contributed by atoms with van der Waals surface area (Å²) in [6, 6.07) is 0. The molecule has 0 spiro atoms. The third-order valence-electron chi connectivity index (χ3n) is 2.39. The van der Waals surface area contributed by atoms with E-state index in [9.17, 15) is 0 Å². The van der Waals surface area contributed by atoms with Crippen molar-refractivity contribution < 1.29 is 0 Å². The Labute approximate surface area is 108 Å². The first-order chi connectivity index (χ1) is 7.71. The third kappa shape index (κ3) is 6.39. The molecule has 0 aliphatic rings. The molecule has 0 N–H and O–H groups in total. The van der Waals surface area contributed by atoms with Crippen molar-refractivity contribution in [3.8, 4) is 0 Å². The van der Waals surface area contributed by atoms with E-state index < -0.39 is 7.58 Å². The Morgan fingerprint density at radius 3 is 1.12 bits per heavy atom. The fourth-order valence-corrected chi connectivity index (χ4v) is 4.49. The number of nitrogens with zero attached hydrogens (tertiary/aromatic N) is 2. The quantitative estimate of drug-likeness (QED) is 0.529. The highest BCUT2D eigenvalue weighted by atomic mass is 35.7. The molecule has 0 saturated carbocycles. The Bertz CT molecular complexity index is 130. The van der Waals surface area contributed by atoms with E-state index >= 15 is 0 Å². The van der Waals surface area contributed by atoms with Crippen LogP contribution in [0.5, 0.6) is 0 Å². The minimum atomic E-state index is -0.592. The predicted octanol–water partition coefficient (Wildman–Crippen LogP) is 4.70. The fraction of sp³-hybridized carbons (Fsp3) is 1.00. The smallest absolute Gasteiger partial charge is 0.140 e. The first-order valence-corrected chi connectivity index (χ1v) is 8.81. The fourth-order valence-electron chi connectivity index (χ4n) is 1.77. The first kappa shape index (κ1) is 16.6. The highest BCUT2D eigenvalue weighted by Crippen LogP contribution is 2.49. The summed E-state index contributed by atoms with van der Waals surface area (Å²) in [4.78, 5) is 0. The van der Waals surface area contributed by atoms with Gasteiger partial charge in [-0.2, -0.15) is 0 Å². The molecule has 98 valence electrons. The Morgan fingerprint density at radius 2 is 0.938 bits per heavy atom. The van der Waals surface area contributed by atoms with Crippen LogP contribution < -0.4 is 0 Å². The molecule has 2 nitrogen and oxygen atoms in total. The molecule has 0 fully saturated rings. The van der Waals surface area contributed by atoms with Gasteiger partial charge >= 0.3 is 0 Å². The highest BCUT2D eigenvalue weighted by molar-refractivity contribution is 7.80. The highest BCUT2D eigenvalue weighted by Gasteiger charge is 2.21. The zero-order chi connectivity index (χ0) is 12.4. The molecule has 0 atom stereocenters. The van der Waals surface area contributed by atoms with Crippen molar-refractivity contribution >= 4 is 18.8 Å². The summed E-state index contributed by atoms with van der Waals surface area (Å²) in [5.41, 5.74) is 0. The van der Waals surface area contributed by atoms with Crippen molar-refractivity contribution in [1.82, 2.24) is 9.34 Å². The van der Waals surface area contributed by atoms with Gasteiger partial charge in [0.15, 0.2) is 0 Å². The minimum Gasteiger partial charge on any atom is -0.257 e. The maximum atomic E-state index is 6.64. The van der Waals surface area contributed by atoms with Crippen LogP contribution >= 0.6 is 18.8 Å². The molecular weight excluding hydrogens is 239 g/mol. The third-order valence-corrected chi connectivity index (χ3v) is 5.41. The van der Waals surface area contributed by atoms with E-state index in [1.54, 1.807) is 0 Å². The van der Waals surface area contributed by atoms with Gasteiger partial charge < -0.3 is 0 Å². The van der Waals surface area contributed by atoms with Crippen LogP contribution in [0.3, 0.4) is 0 Å². The zero-order valence-electron chi connectivity index (χ0n) is 11.4. The number of hydrogen-bond donors (Lipinski definition) is 0. The summed E-state index contributed by atoms with van der Waals surface area (Å²) in [5.74, 6) is 0. The maximum Gasteiger partial charge on any atom is 0.140 e. The van der Waals surface area contributed by atoms with Gasteiger partial charge in [-0.15, -0.1) is 0 Å². The van der Waals surface area contributed by atoms with Crippen LogP contribution in [0.2, 0.25) is 0 Å². The van der Waals surface area contributed by atoms with Crippen molar-refractivity contribution in [2.24, 2.45) is 0 Å². The lowest BCUT2D eigenvalue weighted by Crippen LogP contribution is -2.29. The summed E-state index contributed by atoms with van der Waals surface area (Å²) < 4.78 is 4.92. The van der Waals surface area contributed by atoms with Crippen LogP contribution in [0.25, 0.3) is 0 Å². The van der Waals surface area contributed by atoms with E-state index in [-0.39, 0.29) is 0 Å². The van der Waals surface area contributed by atoms with E-state index in [1.165, 1.54) is 25.7 Å². The molecule has 4 heteroatoms. The van der Waals surface area contributed by atoms with Gasteiger partial charge in [0.2, 0.25) is 0 Å². The molecule has 0 saturated heterocycles. The maximum absolute atomic E-state index is 6.64.